The van der Waals surface area contributed by atoms with Gasteiger partial charge < -0.3 is 5.73 Å². The van der Waals surface area contributed by atoms with Crippen molar-refractivity contribution in [3.05, 3.63) is 29.6 Å². The summed E-state index contributed by atoms with van der Waals surface area (Å²) < 4.78 is 40.5. The summed E-state index contributed by atoms with van der Waals surface area (Å²) in [5, 5.41) is 0. The Labute approximate surface area is 126 Å². The fraction of sp³-hybridized carbons (Fsp3) is 0.467. The fourth-order valence-corrected chi connectivity index (χ4v) is 2.63. The van der Waals surface area contributed by atoms with E-state index >= 15 is 0 Å². The lowest BCUT2D eigenvalue weighted by Gasteiger charge is -2.16. The molecule has 1 rings (SSSR count). The minimum absolute atomic E-state index is 0.103. The Morgan fingerprint density at radius 1 is 1.33 bits per heavy atom. The number of halogens is 1. The molecular formula is C15H21FN2O2S. The van der Waals surface area contributed by atoms with E-state index in [2.05, 4.69) is 16.6 Å². The summed E-state index contributed by atoms with van der Waals surface area (Å²) in [6.45, 7) is 6.43. The van der Waals surface area contributed by atoms with Crippen LogP contribution in [-0.2, 0) is 10.0 Å². The standard InChI is InChI=1S/C15H21FN2O2S/c1-11(2)12(3)10-18-21(19,20)14-7-6-13(5-4-8-17)15(16)9-14/h6-7,9,11-12,18H,8,10,17H2,1-3H3. The number of nitrogens with one attached hydrogen (secondary N) is 1. The monoisotopic (exact) mass is 312 g/mol. The van der Waals surface area contributed by atoms with Crippen LogP contribution in [0.3, 0.4) is 0 Å². The number of hydrogen-bond donors (Lipinski definition) is 2. The molecule has 116 valence electrons. The number of rotatable bonds is 5. The molecule has 0 aliphatic heterocycles. The van der Waals surface area contributed by atoms with Gasteiger partial charge in [-0.1, -0.05) is 32.6 Å². The third kappa shape index (κ3) is 5.12. The van der Waals surface area contributed by atoms with Crippen molar-refractivity contribution in [1.29, 1.82) is 0 Å². The number of sulfonamides is 1. The number of nitrogens with two attached hydrogens (primary N) is 1. The molecule has 1 atom stereocenters. The summed E-state index contributed by atoms with van der Waals surface area (Å²) in [4.78, 5) is -0.103. The lowest BCUT2D eigenvalue weighted by molar-refractivity contribution is 0.414. The zero-order valence-corrected chi connectivity index (χ0v) is 13.3. The average molecular weight is 312 g/mol. The van der Waals surface area contributed by atoms with E-state index in [1.165, 1.54) is 12.1 Å². The van der Waals surface area contributed by atoms with E-state index < -0.39 is 15.8 Å². The Kier molecular flexibility index (Phi) is 6.34. The van der Waals surface area contributed by atoms with Crippen molar-refractivity contribution in [2.75, 3.05) is 13.1 Å². The van der Waals surface area contributed by atoms with Gasteiger partial charge in [0.1, 0.15) is 5.82 Å². The second-order valence-corrected chi connectivity index (χ2v) is 6.99. The van der Waals surface area contributed by atoms with Gasteiger partial charge in [-0.15, -0.1) is 0 Å². The molecule has 1 aromatic rings. The van der Waals surface area contributed by atoms with Crippen LogP contribution in [-0.4, -0.2) is 21.5 Å². The first-order chi connectivity index (χ1) is 9.77. The van der Waals surface area contributed by atoms with Crippen LogP contribution in [0.15, 0.2) is 23.1 Å². The minimum Gasteiger partial charge on any atom is -0.320 e. The SMILES string of the molecule is CC(C)C(C)CNS(=O)(=O)c1ccc(C#CCN)c(F)c1. The fourth-order valence-electron chi connectivity index (χ4n) is 1.47. The Bertz CT molecular complexity index is 645. The van der Waals surface area contributed by atoms with E-state index in [0.717, 1.165) is 6.07 Å². The molecule has 21 heavy (non-hydrogen) atoms. The molecule has 4 nitrogen and oxygen atoms in total. The van der Waals surface area contributed by atoms with Crippen molar-refractivity contribution in [2.24, 2.45) is 17.6 Å². The van der Waals surface area contributed by atoms with E-state index in [1.807, 2.05) is 20.8 Å². The van der Waals surface area contributed by atoms with Crippen molar-refractivity contribution < 1.29 is 12.8 Å². The molecule has 1 unspecified atom stereocenters. The van der Waals surface area contributed by atoms with Crippen LogP contribution >= 0.6 is 0 Å². The summed E-state index contributed by atoms with van der Waals surface area (Å²) in [7, 11) is -3.71. The average Bonchev–Trinajstić information content (AvgIpc) is 2.43. The molecule has 6 heteroatoms. The van der Waals surface area contributed by atoms with Crippen molar-refractivity contribution in [1.82, 2.24) is 4.72 Å². The van der Waals surface area contributed by atoms with Crippen LogP contribution in [0.1, 0.15) is 26.3 Å². The molecule has 0 saturated carbocycles. The number of hydrogen-bond acceptors (Lipinski definition) is 3. The highest BCUT2D eigenvalue weighted by molar-refractivity contribution is 7.89. The second kappa shape index (κ2) is 7.55. The van der Waals surface area contributed by atoms with Gasteiger partial charge >= 0.3 is 0 Å². The van der Waals surface area contributed by atoms with Crippen LogP contribution in [0.5, 0.6) is 0 Å². The first-order valence-corrected chi connectivity index (χ1v) is 8.24. The van der Waals surface area contributed by atoms with E-state index in [4.69, 9.17) is 5.73 Å². The van der Waals surface area contributed by atoms with Gasteiger partial charge in [-0.05, 0) is 30.0 Å². The Morgan fingerprint density at radius 2 is 2.00 bits per heavy atom. The zero-order valence-electron chi connectivity index (χ0n) is 12.5. The summed E-state index contributed by atoms with van der Waals surface area (Å²) >= 11 is 0. The Balaban J connectivity index is 2.92. The first kappa shape index (κ1) is 17.6. The smallest absolute Gasteiger partial charge is 0.240 e. The molecule has 0 aliphatic rings. The Hall–Kier alpha value is -1.42. The molecule has 0 saturated heterocycles. The largest absolute Gasteiger partial charge is 0.320 e. The third-order valence-corrected chi connectivity index (χ3v) is 4.73. The topological polar surface area (TPSA) is 72.2 Å². The Morgan fingerprint density at radius 3 is 2.52 bits per heavy atom. The van der Waals surface area contributed by atoms with Crippen molar-refractivity contribution in [3.8, 4) is 11.8 Å². The lowest BCUT2D eigenvalue weighted by atomic mass is 9.99. The van der Waals surface area contributed by atoms with Gasteiger partial charge in [-0.3, -0.25) is 0 Å². The molecule has 0 spiro atoms. The van der Waals surface area contributed by atoms with E-state index in [9.17, 15) is 12.8 Å². The van der Waals surface area contributed by atoms with E-state index in [-0.39, 0.29) is 22.9 Å². The highest BCUT2D eigenvalue weighted by Gasteiger charge is 2.17. The lowest BCUT2D eigenvalue weighted by Crippen LogP contribution is -2.30. The molecule has 0 amide bonds. The summed E-state index contributed by atoms with van der Waals surface area (Å²) in [5.74, 6) is 4.96. The maximum Gasteiger partial charge on any atom is 0.240 e. The van der Waals surface area contributed by atoms with Crippen molar-refractivity contribution in [3.63, 3.8) is 0 Å². The highest BCUT2D eigenvalue weighted by atomic mass is 32.2. The molecular weight excluding hydrogens is 291 g/mol. The normalized spacial score (nSPS) is 12.9. The van der Waals surface area contributed by atoms with Crippen LogP contribution in [0.4, 0.5) is 4.39 Å². The minimum atomic E-state index is -3.71. The maximum atomic E-state index is 13.8. The molecule has 3 N–H and O–H groups in total. The van der Waals surface area contributed by atoms with Gasteiger partial charge in [-0.2, -0.15) is 0 Å². The van der Waals surface area contributed by atoms with Crippen LogP contribution in [0, 0.1) is 29.5 Å². The molecule has 0 bridgehead atoms. The van der Waals surface area contributed by atoms with Crippen LogP contribution in [0.25, 0.3) is 0 Å². The van der Waals surface area contributed by atoms with Gasteiger partial charge in [0.15, 0.2) is 0 Å². The molecule has 0 aliphatic carbocycles. The van der Waals surface area contributed by atoms with E-state index in [1.54, 1.807) is 0 Å². The molecule has 0 aromatic heterocycles. The van der Waals surface area contributed by atoms with Crippen molar-refractivity contribution >= 4 is 10.0 Å². The highest BCUT2D eigenvalue weighted by Crippen LogP contribution is 2.15. The molecule has 0 heterocycles. The first-order valence-electron chi connectivity index (χ1n) is 6.76. The van der Waals surface area contributed by atoms with Gasteiger partial charge in [0, 0.05) is 6.54 Å². The van der Waals surface area contributed by atoms with Crippen LogP contribution in [0.2, 0.25) is 0 Å². The van der Waals surface area contributed by atoms with Gasteiger partial charge in [0.25, 0.3) is 0 Å². The third-order valence-electron chi connectivity index (χ3n) is 3.31. The second-order valence-electron chi connectivity index (χ2n) is 5.22. The van der Waals surface area contributed by atoms with E-state index in [0.29, 0.717) is 12.5 Å². The zero-order chi connectivity index (χ0) is 16.0. The maximum absolute atomic E-state index is 13.8. The quantitative estimate of drug-likeness (QED) is 0.813. The molecule has 0 radical (unpaired) electrons. The number of benzene rings is 1. The molecule has 0 fully saturated rings. The van der Waals surface area contributed by atoms with Crippen molar-refractivity contribution in [2.45, 2.75) is 25.7 Å². The molecule has 1 aromatic carbocycles. The van der Waals surface area contributed by atoms with Gasteiger partial charge in [0.05, 0.1) is 17.0 Å². The predicted molar refractivity (Wildman–Crippen MR) is 81.5 cm³/mol. The predicted octanol–water partition coefficient (Wildman–Crippen LogP) is 1.71. The van der Waals surface area contributed by atoms with Crippen LogP contribution < -0.4 is 10.5 Å². The van der Waals surface area contributed by atoms with Gasteiger partial charge in [0.2, 0.25) is 10.0 Å². The summed E-state index contributed by atoms with van der Waals surface area (Å²) in [6.07, 6.45) is 0. The summed E-state index contributed by atoms with van der Waals surface area (Å²) in [5.41, 5.74) is 5.35. The summed E-state index contributed by atoms with van der Waals surface area (Å²) in [6, 6.07) is 3.66. The van der Waals surface area contributed by atoms with Gasteiger partial charge in [-0.25, -0.2) is 17.5 Å².